The van der Waals surface area contributed by atoms with E-state index in [1.54, 1.807) is 0 Å². The molecular weight excluding hydrogens is 234 g/mol. The number of ketones is 1. The molecule has 1 heterocycles. The highest BCUT2D eigenvalue weighted by molar-refractivity contribution is 5.90. The van der Waals surface area contributed by atoms with Crippen molar-refractivity contribution in [2.24, 2.45) is 0 Å². The van der Waals surface area contributed by atoms with Crippen LogP contribution in [-0.2, 0) is 11.2 Å². The van der Waals surface area contributed by atoms with Crippen molar-refractivity contribution in [1.29, 1.82) is 0 Å². The standard InChI is InChI=1S/C17H23NO/c19-16(14-15-8-2-1-3-9-15)17(10-4-5-11-17)18-12-6-7-13-18/h1-3,8-9H,4-7,10-14H2. The first-order valence-electron chi connectivity index (χ1n) is 7.64. The van der Waals surface area contributed by atoms with Gasteiger partial charge in [-0.3, -0.25) is 9.69 Å². The second-order valence-corrected chi connectivity index (χ2v) is 6.02. The molecule has 1 aliphatic heterocycles. The summed E-state index contributed by atoms with van der Waals surface area (Å²) in [5, 5.41) is 0. The quantitative estimate of drug-likeness (QED) is 0.825. The van der Waals surface area contributed by atoms with Gasteiger partial charge in [0.2, 0.25) is 0 Å². The summed E-state index contributed by atoms with van der Waals surface area (Å²) in [7, 11) is 0. The smallest absolute Gasteiger partial charge is 0.157 e. The fourth-order valence-corrected chi connectivity index (χ4v) is 3.82. The monoisotopic (exact) mass is 257 g/mol. The third-order valence-electron chi connectivity index (χ3n) is 4.87. The van der Waals surface area contributed by atoms with Crippen LogP contribution in [0.4, 0.5) is 0 Å². The molecule has 2 heteroatoms. The van der Waals surface area contributed by atoms with E-state index in [-0.39, 0.29) is 5.54 Å². The molecule has 102 valence electrons. The molecule has 0 bridgehead atoms. The molecular formula is C17H23NO. The van der Waals surface area contributed by atoms with Gasteiger partial charge in [-0.1, -0.05) is 43.2 Å². The van der Waals surface area contributed by atoms with E-state index in [1.807, 2.05) is 18.2 Å². The van der Waals surface area contributed by atoms with Gasteiger partial charge in [0.1, 0.15) is 0 Å². The van der Waals surface area contributed by atoms with Crippen molar-refractivity contribution < 1.29 is 4.79 Å². The SMILES string of the molecule is O=C(Cc1ccccc1)C1(N2CCCC2)CCCC1. The molecule has 0 aromatic heterocycles. The molecule has 0 unspecified atom stereocenters. The average Bonchev–Trinajstić information content (AvgIpc) is 3.12. The minimum atomic E-state index is -0.119. The molecule has 2 fully saturated rings. The molecule has 1 saturated carbocycles. The Labute approximate surface area is 115 Å². The molecule has 1 aliphatic carbocycles. The molecule has 3 rings (SSSR count). The lowest BCUT2D eigenvalue weighted by atomic mass is 9.86. The van der Waals surface area contributed by atoms with Crippen molar-refractivity contribution in [2.75, 3.05) is 13.1 Å². The van der Waals surface area contributed by atoms with E-state index >= 15 is 0 Å². The lowest BCUT2D eigenvalue weighted by molar-refractivity contribution is -0.129. The van der Waals surface area contributed by atoms with Crippen molar-refractivity contribution in [2.45, 2.75) is 50.5 Å². The van der Waals surface area contributed by atoms with Crippen LogP contribution in [0.5, 0.6) is 0 Å². The highest BCUT2D eigenvalue weighted by atomic mass is 16.1. The van der Waals surface area contributed by atoms with Gasteiger partial charge >= 0.3 is 0 Å². The summed E-state index contributed by atoms with van der Waals surface area (Å²) in [5.74, 6) is 0.457. The van der Waals surface area contributed by atoms with Crippen LogP contribution in [0.2, 0.25) is 0 Å². The minimum Gasteiger partial charge on any atom is -0.297 e. The zero-order valence-electron chi connectivity index (χ0n) is 11.6. The summed E-state index contributed by atoms with van der Waals surface area (Å²) < 4.78 is 0. The first-order chi connectivity index (χ1) is 9.31. The van der Waals surface area contributed by atoms with Crippen LogP contribution >= 0.6 is 0 Å². The second-order valence-electron chi connectivity index (χ2n) is 6.02. The summed E-state index contributed by atoms with van der Waals surface area (Å²) in [6.45, 7) is 2.25. The summed E-state index contributed by atoms with van der Waals surface area (Å²) in [6, 6.07) is 10.2. The fraction of sp³-hybridized carbons (Fsp3) is 0.588. The highest BCUT2D eigenvalue weighted by Crippen LogP contribution is 2.38. The number of Topliss-reactive ketones (excluding diaryl/α,β-unsaturated/α-hetero) is 1. The van der Waals surface area contributed by atoms with Crippen molar-refractivity contribution in [1.82, 2.24) is 4.90 Å². The van der Waals surface area contributed by atoms with Crippen LogP contribution in [0.15, 0.2) is 30.3 Å². The van der Waals surface area contributed by atoms with E-state index in [9.17, 15) is 4.79 Å². The Balaban J connectivity index is 1.78. The number of hydrogen-bond donors (Lipinski definition) is 0. The lowest BCUT2D eigenvalue weighted by Crippen LogP contribution is -2.52. The van der Waals surface area contributed by atoms with Crippen LogP contribution in [0.1, 0.15) is 44.1 Å². The lowest BCUT2D eigenvalue weighted by Gasteiger charge is -2.37. The number of likely N-dealkylation sites (tertiary alicyclic amines) is 1. The van der Waals surface area contributed by atoms with Gasteiger partial charge in [0.25, 0.3) is 0 Å². The molecule has 1 aromatic carbocycles. The third kappa shape index (κ3) is 2.46. The molecule has 0 spiro atoms. The normalized spacial score (nSPS) is 22.7. The summed E-state index contributed by atoms with van der Waals surface area (Å²) in [6.07, 6.45) is 7.74. The molecule has 2 aliphatic rings. The van der Waals surface area contributed by atoms with Crippen LogP contribution < -0.4 is 0 Å². The van der Waals surface area contributed by atoms with Gasteiger partial charge in [-0.2, -0.15) is 0 Å². The van der Waals surface area contributed by atoms with Crippen molar-refractivity contribution in [3.8, 4) is 0 Å². The number of hydrogen-bond acceptors (Lipinski definition) is 2. The van der Waals surface area contributed by atoms with Crippen LogP contribution in [0, 0.1) is 0 Å². The highest BCUT2D eigenvalue weighted by Gasteiger charge is 2.45. The van der Waals surface area contributed by atoms with Crippen LogP contribution in [0.3, 0.4) is 0 Å². The predicted molar refractivity (Wildman–Crippen MR) is 77.2 cm³/mol. The fourth-order valence-electron chi connectivity index (χ4n) is 3.82. The number of benzene rings is 1. The molecule has 0 atom stereocenters. The minimum absolute atomic E-state index is 0.119. The first kappa shape index (κ1) is 12.9. The maximum absolute atomic E-state index is 12.9. The molecule has 1 aromatic rings. The van der Waals surface area contributed by atoms with Crippen molar-refractivity contribution in [3.63, 3.8) is 0 Å². The summed E-state index contributed by atoms with van der Waals surface area (Å²) >= 11 is 0. The van der Waals surface area contributed by atoms with Gasteiger partial charge in [0, 0.05) is 6.42 Å². The zero-order chi connectivity index (χ0) is 13.1. The second kappa shape index (κ2) is 5.46. The van der Waals surface area contributed by atoms with Gasteiger partial charge < -0.3 is 0 Å². The van der Waals surface area contributed by atoms with E-state index in [0.717, 1.165) is 31.5 Å². The summed E-state index contributed by atoms with van der Waals surface area (Å²) in [4.78, 5) is 15.4. The Bertz CT molecular complexity index is 428. The van der Waals surface area contributed by atoms with E-state index in [2.05, 4.69) is 17.0 Å². The number of rotatable bonds is 4. The molecule has 0 amide bonds. The Kier molecular flexibility index (Phi) is 3.69. The van der Waals surface area contributed by atoms with Gasteiger partial charge in [0.05, 0.1) is 5.54 Å². The number of carbonyl (C=O) groups excluding carboxylic acids is 1. The third-order valence-corrected chi connectivity index (χ3v) is 4.87. The van der Waals surface area contributed by atoms with E-state index in [4.69, 9.17) is 0 Å². The molecule has 2 nitrogen and oxygen atoms in total. The summed E-state index contributed by atoms with van der Waals surface area (Å²) in [5.41, 5.74) is 1.05. The molecule has 0 N–H and O–H groups in total. The van der Waals surface area contributed by atoms with Gasteiger partial charge in [-0.05, 0) is 44.3 Å². The zero-order valence-corrected chi connectivity index (χ0v) is 11.6. The molecule has 1 saturated heterocycles. The van der Waals surface area contributed by atoms with E-state index in [0.29, 0.717) is 12.2 Å². The maximum Gasteiger partial charge on any atom is 0.157 e. The van der Waals surface area contributed by atoms with Gasteiger partial charge in [0.15, 0.2) is 5.78 Å². The van der Waals surface area contributed by atoms with Crippen molar-refractivity contribution in [3.05, 3.63) is 35.9 Å². The maximum atomic E-state index is 12.9. The van der Waals surface area contributed by atoms with Crippen molar-refractivity contribution >= 4 is 5.78 Å². The first-order valence-corrected chi connectivity index (χ1v) is 7.64. The van der Waals surface area contributed by atoms with E-state index in [1.165, 1.54) is 25.7 Å². The topological polar surface area (TPSA) is 20.3 Å². The predicted octanol–water partition coefficient (Wildman–Crippen LogP) is 3.21. The van der Waals surface area contributed by atoms with Crippen LogP contribution in [-0.4, -0.2) is 29.3 Å². The van der Waals surface area contributed by atoms with E-state index < -0.39 is 0 Å². The van der Waals surface area contributed by atoms with Gasteiger partial charge in [-0.15, -0.1) is 0 Å². The molecule has 19 heavy (non-hydrogen) atoms. The Hall–Kier alpha value is -1.15. The Morgan fingerprint density at radius 2 is 1.63 bits per heavy atom. The largest absolute Gasteiger partial charge is 0.297 e. The average molecular weight is 257 g/mol. The van der Waals surface area contributed by atoms with Gasteiger partial charge in [-0.25, -0.2) is 0 Å². The Morgan fingerprint density at radius 3 is 2.26 bits per heavy atom. The number of carbonyl (C=O) groups is 1. The number of nitrogens with zero attached hydrogens (tertiary/aromatic N) is 1. The Morgan fingerprint density at radius 1 is 1.00 bits per heavy atom. The molecule has 0 radical (unpaired) electrons. The van der Waals surface area contributed by atoms with Crippen LogP contribution in [0.25, 0.3) is 0 Å².